The van der Waals surface area contributed by atoms with E-state index in [0.717, 1.165) is 36.4 Å². The van der Waals surface area contributed by atoms with E-state index in [1.54, 1.807) is 0 Å². The van der Waals surface area contributed by atoms with Gasteiger partial charge in [0, 0.05) is 63.0 Å². The first-order chi connectivity index (χ1) is 30.2. The number of benzene rings is 6. The van der Waals surface area contributed by atoms with Gasteiger partial charge < -0.3 is 19.3 Å². The lowest BCUT2D eigenvalue weighted by Crippen LogP contribution is -2.61. The van der Waals surface area contributed by atoms with Gasteiger partial charge in [0.15, 0.2) is 11.5 Å². The summed E-state index contributed by atoms with van der Waals surface area (Å²) in [5.74, 6) is 1.66. The van der Waals surface area contributed by atoms with Gasteiger partial charge in [0.1, 0.15) is 0 Å². The molecule has 5 heteroatoms. The zero-order valence-corrected chi connectivity index (χ0v) is 36.3. The highest BCUT2D eigenvalue weighted by atomic mass is 16.5. The Labute approximate surface area is 366 Å². The molecule has 3 heterocycles. The SMILES string of the molecule is Cc1cc2c3c(c1)N(c1ccc4c(c1)C(C)(C)c1ccccc1-4)c1cc4c(cc1B3c1cc3c(cc1N2c1ccc2c(c1)CCCCC2)OCCCO3)-c1ccc#cc1C4(C)C. The highest BCUT2D eigenvalue weighted by molar-refractivity contribution is 7.00. The molecular formula is C57H49BN2O2. The lowest BCUT2D eigenvalue weighted by atomic mass is 9.33. The van der Waals surface area contributed by atoms with Crippen molar-refractivity contribution in [2.45, 2.75) is 84.0 Å². The predicted octanol–water partition coefficient (Wildman–Crippen LogP) is 11.7. The summed E-state index contributed by atoms with van der Waals surface area (Å²) >= 11 is 0. The van der Waals surface area contributed by atoms with E-state index in [-0.39, 0.29) is 17.5 Å². The number of hydrogen-bond donors (Lipinski definition) is 0. The van der Waals surface area contributed by atoms with E-state index in [1.165, 1.54) is 125 Å². The molecule has 0 saturated carbocycles. The minimum atomic E-state index is -0.238. The third-order valence-corrected chi connectivity index (χ3v) is 15.3. The van der Waals surface area contributed by atoms with Crippen LogP contribution in [0.3, 0.4) is 0 Å². The largest absolute Gasteiger partial charge is 0.490 e. The number of ether oxygens (including phenoxy) is 2. The quantitative estimate of drug-likeness (QED) is 0.128. The van der Waals surface area contributed by atoms with Crippen LogP contribution in [0.25, 0.3) is 22.3 Å². The molecule has 302 valence electrons. The van der Waals surface area contributed by atoms with Gasteiger partial charge in [0.05, 0.1) is 13.2 Å². The van der Waals surface area contributed by atoms with Gasteiger partial charge in [0.2, 0.25) is 0 Å². The lowest BCUT2D eigenvalue weighted by Gasteiger charge is -2.45. The van der Waals surface area contributed by atoms with Crippen molar-refractivity contribution < 1.29 is 9.47 Å². The zero-order chi connectivity index (χ0) is 41.6. The summed E-state index contributed by atoms with van der Waals surface area (Å²) in [6.45, 7) is 13.0. The standard InChI is InChI=1S/C57H49BN2O2/c1-34-26-51-55-52(27-34)60(38-22-23-41-39-16-9-11-18-43(39)56(2,3)45(41)29-38)49-31-46-42(40-17-10-12-19-44(40)57(46,4)5)30-47(49)58(55)48-32-53-54(62-25-13-24-61-53)33-50(48)59(51)37-21-20-35-14-7-6-8-15-36(35)28-37/h9-11,16-18,20-23,26-33H,6-8,13-15,24-25H2,1-5H3. The highest BCUT2D eigenvalue weighted by Crippen LogP contribution is 2.54. The maximum Gasteiger partial charge on any atom is 0.252 e. The number of aryl methyl sites for hydroxylation is 3. The van der Waals surface area contributed by atoms with Crippen LogP contribution in [0.1, 0.15) is 92.3 Å². The molecule has 7 aromatic carbocycles. The number of fused-ring (bicyclic) bond motifs is 12. The molecule has 7 aromatic rings. The summed E-state index contributed by atoms with van der Waals surface area (Å²) in [4.78, 5) is 5.16. The van der Waals surface area contributed by atoms with Crippen LogP contribution in [0.5, 0.6) is 11.5 Å². The van der Waals surface area contributed by atoms with E-state index in [9.17, 15) is 0 Å². The van der Waals surface area contributed by atoms with Gasteiger partial charge in [-0.15, -0.1) is 0 Å². The van der Waals surface area contributed by atoms with E-state index in [1.807, 2.05) is 6.07 Å². The molecule has 3 aliphatic heterocycles. The molecule has 13 rings (SSSR count). The van der Waals surface area contributed by atoms with E-state index in [4.69, 9.17) is 9.47 Å². The van der Waals surface area contributed by atoms with Crippen molar-refractivity contribution in [2.75, 3.05) is 23.0 Å². The number of nitrogens with zero attached hydrogens (tertiary/aromatic N) is 2. The van der Waals surface area contributed by atoms with Crippen LogP contribution in [0.15, 0.2) is 109 Å². The predicted molar refractivity (Wildman–Crippen MR) is 255 cm³/mol. The second kappa shape index (κ2) is 12.8. The number of rotatable bonds is 2. The Balaban J connectivity index is 1.12. The maximum atomic E-state index is 6.55. The minimum absolute atomic E-state index is 0.0529. The van der Waals surface area contributed by atoms with E-state index < -0.39 is 0 Å². The Morgan fingerprint density at radius 1 is 0.548 bits per heavy atom. The molecule has 3 aliphatic carbocycles. The lowest BCUT2D eigenvalue weighted by molar-refractivity contribution is 0.297. The first-order valence-corrected chi connectivity index (χ1v) is 22.8. The van der Waals surface area contributed by atoms with Crippen molar-refractivity contribution in [1.29, 1.82) is 0 Å². The van der Waals surface area contributed by atoms with Crippen molar-refractivity contribution in [2.24, 2.45) is 0 Å². The molecule has 0 unspecified atom stereocenters. The number of hydrogen-bond acceptors (Lipinski definition) is 4. The van der Waals surface area contributed by atoms with Crippen molar-refractivity contribution in [3.05, 3.63) is 160 Å². The Bertz CT molecular complexity index is 3090. The smallest absolute Gasteiger partial charge is 0.252 e. The molecule has 0 saturated heterocycles. The first kappa shape index (κ1) is 36.3. The third kappa shape index (κ3) is 4.93. The fraction of sp³-hybridized carbons (Fsp3) is 0.263. The van der Waals surface area contributed by atoms with Crippen molar-refractivity contribution in [1.82, 2.24) is 0 Å². The summed E-state index contributed by atoms with van der Waals surface area (Å²) in [7, 11) is 0. The molecule has 0 fully saturated rings. The Morgan fingerprint density at radius 3 is 2.05 bits per heavy atom. The second-order valence-corrected chi connectivity index (χ2v) is 19.6. The third-order valence-electron chi connectivity index (χ3n) is 15.3. The van der Waals surface area contributed by atoms with Crippen LogP contribution >= 0.6 is 0 Å². The number of anilines is 6. The molecule has 0 radical (unpaired) electrons. The second-order valence-electron chi connectivity index (χ2n) is 19.6. The van der Waals surface area contributed by atoms with E-state index in [0.29, 0.717) is 13.2 Å². The van der Waals surface area contributed by atoms with Crippen LogP contribution < -0.4 is 35.7 Å². The molecule has 0 amide bonds. The molecule has 0 atom stereocenters. The average molecular weight is 805 g/mol. The highest BCUT2D eigenvalue weighted by Gasteiger charge is 2.47. The molecule has 62 heavy (non-hydrogen) atoms. The molecule has 4 nitrogen and oxygen atoms in total. The van der Waals surface area contributed by atoms with Gasteiger partial charge in [-0.2, -0.15) is 0 Å². The van der Waals surface area contributed by atoms with Crippen LogP contribution in [0.2, 0.25) is 0 Å². The zero-order valence-electron chi connectivity index (χ0n) is 36.3. The average Bonchev–Trinajstić information content (AvgIpc) is 3.46. The summed E-state index contributed by atoms with van der Waals surface area (Å²) in [5.41, 5.74) is 25.5. The van der Waals surface area contributed by atoms with Gasteiger partial charge >= 0.3 is 0 Å². The molecule has 0 bridgehead atoms. The molecule has 0 N–H and O–H groups in total. The monoisotopic (exact) mass is 804 g/mol. The summed E-state index contributed by atoms with van der Waals surface area (Å²) in [5, 5.41) is 0. The van der Waals surface area contributed by atoms with Crippen LogP contribution in [-0.2, 0) is 23.7 Å². The maximum absolute atomic E-state index is 6.55. The van der Waals surface area contributed by atoms with E-state index in [2.05, 4.69) is 160 Å². The minimum Gasteiger partial charge on any atom is -0.490 e. The molecular weight excluding hydrogens is 755 g/mol. The van der Waals surface area contributed by atoms with Gasteiger partial charge in [-0.3, -0.25) is 0 Å². The van der Waals surface area contributed by atoms with Gasteiger partial charge in [0.25, 0.3) is 6.71 Å². The molecule has 0 spiro atoms. The fourth-order valence-corrected chi connectivity index (χ4v) is 12.2. The Hall–Kier alpha value is -6.38. The normalized spacial score (nSPS) is 17.5. The molecule has 0 aromatic heterocycles. The van der Waals surface area contributed by atoms with Gasteiger partial charge in [-0.25, -0.2) is 0 Å². The van der Waals surface area contributed by atoms with Crippen LogP contribution in [0.4, 0.5) is 34.1 Å². The fourth-order valence-electron chi connectivity index (χ4n) is 12.2. The van der Waals surface area contributed by atoms with Gasteiger partial charge in [-0.1, -0.05) is 88.7 Å². The summed E-state index contributed by atoms with van der Waals surface area (Å²) in [6, 6.07) is 49.2. The van der Waals surface area contributed by atoms with Crippen molar-refractivity contribution >= 4 is 57.2 Å². The topological polar surface area (TPSA) is 24.9 Å². The van der Waals surface area contributed by atoms with Crippen molar-refractivity contribution in [3.63, 3.8) is 0 Å². The van der Waals surface area contributed by atoms with Gasteiger partial charge in [-0.05, 0) is 165 Å². The Kier molecular flexibility index (Phi) is 7.51. The summed E-state index contributed by atoms with van der Waals surface area (Å²) in [6.07, 6.45) is 6.92. The van der Waals surface area contributed by atoms with E-state index >= 15 is 0 Å². The first-order valence-electron chi connectivity index (χ1n) is 22.8. The van der Waals surface area contributed by atoms with Crippen LogP contribution in [0, 0.1) is 19.1 Å². The van der Waals surface area contributed by atoms with Crippen molar-refractivity contribution in [3.8, 4) is 33.8 Å². The Morgan fingerprint density at radius 2 is 1.23 bits per heavy atom. The molecule has 6 aliphatic rings. The van der Waals surface area contributed by atoms with Crippen LogP contribution in [-0.4, -0.2) is 19.9 Å². The summed E-state index contributed by atoms with van der Waals surface area (Å²) < 4.78 is 13.0.